The van der Waals surface area contributed by atoms with Crippen LogP contribution in [0.4, 0.5) is 0 Å². The third-order valence-electron chi connectivity index (χ3n) is 8.89. The molecule has 0 unspecified atom stereocenters. The van der Waals surface area contributed by atoms with E-state index in [0.717, 1.165) is 27.5 Å². The summed E-state index contributed by atoms with van der Waals surface area (Å²) >= 11 is 0. The highest BCUT2D eigenvalue weighted by Crippen LogP contribution is 2.46. The van der Waals surface area contributed by atoms with E-state index in [4.69, 9.17) is 4.42 Å². The summed E-state index contributed by atoms with van der Waals surface area (Å²) in [5.74, 6) is 0. The van der Waals surface area contributed by atoms with Crippen LogP contribution in [0.25, 0.3) is 77.4 Å². The fourth-order valence-corrected chi connectivity index (χ4v) is 6.81. The van der Waals surface area contributed by atoms with Gasteiger partial charge < -0.3 is 4.42 Å². The number of fused-ring (bicyclic) bond motifs is 5. The van der Waals surface area contributed by atoms with E-state index < -0.39 is 0 Å². The van der Waals surface area contributed by atoms with Gasteiger partial charge in [0.1, 0.15) is 11.2 Å². The summed E-state index contributed by atoms with van der Waals surface area (Å²) in [5, 5.41) is 9.76. The van der Waals surface area contributed by atoms with Crippen LogP contribution in [0, 0.1) is 0 Å². The first kappa shape index (κ1) is 25.3. The minimum absolute atomic E-state index is 0.918. The second kappa shape index (κ2) is 10.2. The number of hydrogen-bond donors (Lipinski definition) is 0. The van der Waals surface area contributed by atoms with Crippen molar-refractivity contribution < 1.29 is 4.42 Å². The van der Waals surface area contributed by atoms with Gasteiger partial charge >= 0.3 is 0 Å². The molecule has 0 aliphatic carbocycles. The SMILES string of the molecule is C/C=c1/cccc/c1=C(/C)c1ccc(-c2c3ccccc3c(-c3cccc4c3oc3ccccc34)c3ccccc23)cc1. The van der Waals surface area contributed by atoms with E-state index >= 15 is 0 Å². The standard InChI is InChI=1S/C42H30O/c1-3-28-13-4-5-14-31(28)27(2)29-23-25-30(26-24-29)40-33-16-6-8-18-35(33)41(36-19-9-7-17-34(36)40)38-21-12-20-37-32-15-10-11-22-39(32)43-42(37)38/h3-26H,1-2H3/b28-3-,31-27+. The van der Waals surface area contributed by atoms with Crippen molar-refractivity contribution in [1.82, 2.24) is 0 Å². The van der Waals surface area contributed by atoms with Gasteiger partial charge in [0.25, 0.3) is 0 Å². The van der Waals surface area contributed by atoms with E-state index in [9.17, 15) is 0 Å². The maximum absolute atomic E-state index is 6.53. The molecule has 0 aliphatic rings. The number of rotatable bonds is 3. The maximum Gasteiger partial charge on any atom is 0.143 e. The molecule has 7 aromatic carbocycles. The van der Waals surface area contributed by atoms with E-state index in [-0.39, 0.29) is 0 Å². The Morgan fingerprint density at radius 3 is 1.74 bits per heavy atom. The van der Waals surface area contributed by atoms with Crippen LogP contribution in [0.3, 0.4) is 0 Å². The first-order chi connectivity index (χ1) is 21.2. The average molecular weight is 551 g/mol. The van der Waals surface area contributed by atoms with Gasteiger partial charge in [-0.1, -0.05) is 140 Å². The maximum atomic E-state index is 6.53. The van der Waals surface area contributed by atoms with Crippen LogP contribution in [0.2, 0.25) is 0 Å². The number of benzene rings is 7. The van der Waals surface area contributed by atoms with Crippen molar-refractivity contribution in [3.05, 3.63) is 156 Å². The Morgan fingerprint density at radius 2 is 1.07 bits per heavy atom. The highest BCUT2D eigenvalue weighted by Gasteiger charge is 2.20. The lowest BCUT2D eigenvalue weighted by Gasteiger charge is -2.18. The Balaban J connectivity index is 1.40. The summed E-state index contributed by atoms with van der Waals surface area (Å²) < 4.78 is 6.53. The molecule has 8 rings (SSSR count). The molecule has 0 saturated heterocycles. The minimum atomic E-state index is 0.918. The van der Waals surface area contributed by atoms with E-state index in [1.807, 2.05) is 6.07 Å². The molecule has 1 nitrogen and oxygen atoms in total. The van der Waals surface area contributed by atoms with E-state index in [1.54, 1.807) is 0 Å². The molecular weight excluding hydrogens is 520 g/mol. The van der Waals surface area contributed by atoms with Crippen molar-refractivity contribution in [2.75, 3.05) is 0 Å². The van der Waals surface area contributed by atoms with Gasteiger partial charge in [0.2, 0.25) is 0 Å². The van der Waals surface area contributed by atoms with Crippen LogP contribution < -0.4 is 10.4 Å². The second-order valence-corrected chi connectivity index (χ2v) is 11.2. The highest BCUT2D eigenvalue weighted by molar-refractivity contribution is 6.24. The predicted octanol–water partition coefficient (Wildman–Crippen LogP) is 10.2. The van der Waals surface area contributed by atoms with Gasteiger partial charge in [0, 0.05) is 21.9 Å². The van der Waals surface area contributed by atoms with Crippen LogP contribution in [0.15, 0.2) is 144 Å². The largest absolute Gasteiger partial charge is 0.455 e. The lowest BCUT2D eigenvalue weighted by Crippen LogP contribution is -2.25. The van der Waals surface area contributed by atoms with E-state index in [0.29, 0.717) is 0 Å². The van der Waals surface area contributed by atoms with Crippen LogP contribution in [0.5, 0.6) is 0 Å². The van der Waals surface area contributed by atoms with Crippen molar-refractivity contribution in [3.8, 4) is 22.3 Å². The van der Waals surface area contributed by atoms with Gasteiger partial charge in [-0.25, -0.2) is 0 Å². The molecule has 43 heavy (non-hydrogen) atoms. The lowest BCUT2D eigenvalue weighted by atomic mass is 9.85. The molecule has 1 aromatic heterocycles. The zero-order valence-electron chi connectivity index (χ0n) is 24.3. The molecule has 0 fully saturated rings. The Bertz CT molecular complexity index is 2400. The number of furan rings is 1. The molecule has 8 aromatic rings. The minimum Gasteiger partial charge on any atom is -0.455 e. The Labute approximate surface area is 250 Å². The van der Waals surface area contributed by atoms with Crippen molar-refractivity contribution in [2.24, 2.45) is 0 Å². The monoisotopic (exact) mass is 550 g/mol. The molecule has 0 aliphatic heterocycles. The van der Waals surface area contributed by atoms with Crippen LogP contribution >= 0.6 is 0 Å². The van der Waals surface area contributed by atoms with Gasteiger partial charge in [-0.05, 0) is 74.2 Å². The van der Waals surface area contributed by atoms with Gasteiger partial charge in [0.05, 0.1) is 0 Å². The van der Waals surface area contributed by atoms with Crippen molar-refractivity contribution in [3.63, 3.8) is 0 Å². The fraction of sp³-hybridized carbons (Fsp3) is 0.0476. The molecule has 0 spiro atoms. The zero-order chi connectivity index (χ0) is 28.9. The molecule has 0 N–H and O–H groups in total. The third-order valence-corrected chi connectivity index (χ3v) is 8.89. The lowest BCUT2D eigenvalue weighted by molar-refractivity contribution is 0.670. The summed E-state index contributed by atoms with van der Waals surface area (Å²) in [5.41, 5.74) is 9.19. The number of hydrogen-bond acceptors (Lipinski definition) is 1. The molecule has 0 saturated carbocycles. The zero-order valence-corrected chi connectivity index (χ0v) is 24.3. The van der Waals surface area contributed by atoms with Gasteiger partial charge in [-0.3, -0.25) is 0 Å². The fourth-order valence-electron chi connectivity index (χ4n) is 6.81. The van der Waals surface area contributed by atoms with Crippen molar-refractivity contribution in [2.45, 2.75) is 13.8 Å². The summed E-state index contributed by atoms with van der Waals surface area (Å²) in [6.07, 6.45) is 2.18. The molecular formula is C42H30O. The summed E-state index contributed by atoms with van der Waals surface area (Å²) in [7, 11) is 0. The Hall–Kier alpha value is -5.40. The first-order valence-electron chi connectivity index (χ1n) is 14.9. The first-order valence-corrected chi connectivity index (χ1v) is 14.9. The van der Waals surface area contributed by atoms with Crippen molar-refractivity contribution >= 4 is 55.1 Å². The molecule has 0 bridgehead atoms. The van der Waals surface area contributed by atoms with Gasteiger partial charge in [0.15, 0.2) is 0 Å². The Kier molecular flexibility index (Phi) is 5.98. The molecule has 0 atom stereocenters. The summed E-state index contributed by atoms with van der Waals surface area (Å²) in [6.45, 7) is 4.32. The summed E-state index contributed by atoms with van der Waals surface area (Å²) in [6, 6.07) is 50.2. The Morgan fingerprint density at radius 1 is 0.512 bits per heavy atom. The van der Waals surface area contributed by atoms with E-state index in [2.05, 4.69) is 153 Å². The second-order valence-electron chi connectivity index (χ2n) is 11.2. The van der Waals surface area contributed by atoms with Crippen LogP contribution in [0.1, 0.15) is 19.4 Å². The molecule has 1 heteroatoms. The normalized spacial score (nSPS) is 12.9. The van der Waals surface area contributed by atoms with E-state index in [1.165, 1.54) is 59.8 Å². The molecule has 204 valence electrons. The topological polar surface area (TPSA) is 13.1 Å². The molecule has 1 heterocycles. The van der Waals surface area contributed by atoms with Gasteiger partial charge in [-0.2, -0.15) is 0 Å². The average Bonchev–Trinajstić information content (AvgIpc) is 3.46. The van der Waals surface area contributed by atoms with Crippen LogP contribution in [-0.4, -0.2) is 0 Å². The molecule has 0 radical (unpaired) electrons. The van der Waals surface area contributed by atoms with Crippen LogP contribution in [-0.2, 0) is 0 Å². The third kappa shape index (κ3) is 4.00. The van der Waals surface area contributed by atoms with Gasteiger partial charge in [-0.15, -0.1) is 0 Å². The number of para-hydroxylation sites is 2. The quantitative estimate of drug-likeness (QED) is 0.200. The summed E-state index contributed by atoms with van der Waals surface area (Å²) in [4.78, 5) is 0. The highest BCUT2D eigenvalue weighted by atomic mass is 16.3. The molecule has 0 amide bonds. The smallest absolute Gasteiger partial charge is 0.143 e. The van der Waals surface area contributed by atoms with Crippen molar-refractivity contribution in [1.29, 1.82) is 0 Å². The predicted molar refractivity (Wildman–Crippen MR) is 184 cm³/mol.